The average Bonchev–Trinajstić information content (AvgIpc) is 2.03. The SMILES string of the molecule is CCC(=O)N1CCC[C@@H](N)C1. The van der Waals surface area contributed by atoms with Gasteiger partial charge in [-0.15, -0.1) is 0 Å². The van der Waals surface area contributed by atoms with E-state index >= 15 is 0 Å². The Balaban J connectivity index is 2.39. The lowest BCUT2D eigenvalue weighted by molar-refractivity contribution is -0.132. The maximum absolute atomic E-state index is 11.2. The van der Waals surface area contributed by atoms with Crippen LogP contribution in [0.15, 0.2) is 0 Å². The molecule has 0 aliphatic carbocycles. The normalized spacial score (nSPS) is 25.3. The van der Waals surface area contributed by atoms with Gasteiger partial charge in [0.15, 0.2) is 0 Å². The van der Waals surface area contributed by atoms with Crippen molar-refractivity contribution in [1.82, 2.24) is 4.90 Å². The molecule has 3 heteroatoms. The summed E-state index contributed by atoms with van der Waals surface area (Å²) < 4.78 is 0. The van der Waals surface area contributed by atoms with Gasteiger partial charge in [-0.1, -0.05) is 6.92 Å². The van der Waals surface area contributed by atoms with Gasteiger partial charge < -0.3 is 10.6 Å². The highest BCUT2D eigenvalue weighted by molar-refractivity contribution is 5.75. The van der Waals surface area contributed by atoms with Gasteiger partial charge in [-0.2, -0.15) is 0 Å². The van der Waals surface area contributed by atoms with Crippen molar-refractivity contribution in [1.29, 1.82) is 0 Å². The molecule has 0 aromatic heterocycles. The summed E-state index contributed by atoms with van der Waals surface area (Å²) >= 11 is 0. The van der Waals surface area contributed by atoms with E-state index in [1.165, 1.54) is 0 Å². The van der Waals surface area contributed by atoms with Crippen molar-refractivity contribution in [2.75, 3.05) is 13.1 Å². The van der Waals surface area contributed by atoms with Crippen LogP contribution in [-0.2, 0) is 4.79 Å². The van der Waals surface area contributed by atoms with Gasteiger partial charge in [0, 0.05) is 25.6 Å². The van der Waals surface area contributed by atoms with Crippen LogP contribution in [0.3, 0.4) is 0 Å². The number of nitrogens with two attached hydrogens (primary N) is 1. The Morgan fingerprint density at radius 2 is 2.45 bits per heavy atom. The molecule has 64 valence electrons. The molecule has 3 nitrogen and oxygen atoms in total. The Kier molecular flexibility index (Phi) is 2.88. The molecule has 0 spiro atoms. The van der Waals surface area contributed by atoms with Gasteiger partial charge in [0.2, 0.25) is 5.91 Å². The number of nitrogens with zero attached hydrogens (tertiary/aromatic N) is 1. The fourth-order valence-corrected chi connectivity index (χ4v) is 1.46. The molecule has 1 atom stereocenters. The Morgan fingerprint density at radius 3 is 3.00 bits per heavy atom. The molecule has 1 fully saturated rings. The molecule has 0 aromatic rings. The van der Waals surface area contributed by atoms with Gasteiger partial charge in [-0.05, 0) is 12.8 Å². The highest BCUT2D eigenvalue weighted by atomic mass is 16.2. The quantitative estimate of drug-likeness (QED) is 0.595. The largest absolute Gasteiger partial charge is 0.341 e. The number of likely N-dealkylation sites (tertiary alicyclic amines) is 1. The van der Waals surface area contributed by atoms with E-state index in [4.69, 9.17) is 5.73 Å². The Hall–Kier alpha value is -0.570. The maximum Gasteiger partial charge on any atom is 0.222 e. The smallest absolute Gasteiger partial charge is 0.222 e. The summed E-state index contributed by atoms with van der Waals surface area (Å²) in [5.41, 5.74) is 5.72. The molecule has 2 N–H and O–H groups in total. The van der Waals surface area contributed by atoms with Crippen molar-refractivity contribution in [3.63, 3.8) is 0 Å². The molecule has 1 aliphatic rings. The first-order chi connectivity index (χ1) is 5.24. The minimum absolute atomic E-state index is 0.208. The zero-order valence-corrected chi connectivity index (χ0v) is 7.05. The molecule has 11 heavy (non-hydrogen) atoms. The minimum Gasteiger partial charge on any atom is -0.341 e. The molecule has 0 unspecified atom stereocenters. The number of hydrogen-bond acceptors (Lipinski definition) is 2. The van der Waals surface area contributed by atoms with Crippen molar-refractivity contribution in [2.24, 2.45) is 5.73 Å². The van der Waals surface area contributed by atoms with Gasteiger partial charge in [0.05, 0.1) is 0 Å². The van der Waals surface area contributed by atoms with Crippen molar-refractivity contribution in [3.05, 3.63) is 0 Å². The zero-order chi connectivity index (χ0) is 8.27. The predicted molar refractivity (Wildman–Crippen MR) is 44.1 cm³/mol. The zero-order valence-electron chi connectivity index (χ0n) is 7.05. The summed E-state index contributed by atoms with van der Waals surface area (Å²) in [5.74, 6) is 0.236. The van der Waals surface area contributed by atoms with Gasteiger partial charge in [-0.25, -0.2) is 0 Å². The average molecular weight is 156 g/mol. The van der Waals surface area contributed by atoms with Gasteiger partial charge in [0.1, 0.15) is 0 Å². The first-order valence-electron chi connectivity index (χ1n) is 4.27. The first kappa shape index (κ1) is 8.53. The number of hydrogen-bond donors (Lipinski definition) is 1. The van der Waals surface area contributed by atoms with E-state index in [-0.39, 0.29) is 11.9 Å². The lowest BCUT2D eigenvalue weighted by Crippen LogP contribution is -2.45. The molecular weight excluding hydrogens is 140 g/mol. The van der Waals surface area contributed by atoms with E-state index < -0.39 is 0 Å². The van der Waals surface area contributed by atoms with Crippen molar-refractivity contribution >= 4 is 5.91 Å². The number of piperidine rings is 1. The summed E-state index contributed by atoms with van der Waals surface area (Å²) in [7, 11) is 0. The Labute approximate surface area is 67.5 Å². The van der Waals surface area contributed by atoms with Crippen LogP contribution in [0.25, 0.3) is 0 Å². The molecular formula is C8H16N2O. The van der Waals surface area contributed by atoms with Crippen molar-refractivity contribution in [3.8, 4) is 0 Å². The van der Waals surface area contributed by atoms with E-state index in [9.17, 15) is 4.79 Å². The summed E-state index contributed by atoms with van der Waals surface area (Å²) in [4.78, 5) is 13.1. The summed E-state index contributed by atoms with van der Waals surface area (Å²) in [6, 6.07) is 0.208. The van der Waals surface area contributed by atoms with Crippen LogP contribution >= 0.6 is 0 Å². The fourth-order valence-electron chi connectivity index (χ4n) is 1.46. The summed E-state index contributed by atoms with van der Waals surface area (Å²) in [6.07, 6.45) is 2.73. The van der Waals surface area contributed by atoms with E-state index in [0.717, 1.165) is 25.9 Å². The third-order valence-corrected chi connectivity index (χ3v) is 2.11. The third kappa shape index (κ3) is 2.19. The van der Waals surface area contributed by atoms with Crippen LogP contribution in [0.5, 0.6) is 0 Å². The molecule has 0 bridgehead atoms. The van der Waals surface area contributed by atoms with Crippen molar-refractivity contribution < 1.29 is 4.79 Å². The molecule has 0 radical (unpaired) electrons. The predicted octanol–water partition coefficient (Wildman–Crippen LogP) is 0.346. The second-order valence-corrected chi connectivity index (χ2v) is 3.10. The Morgan fingerprint density at radius 1 is 1.73 bits per heavy atom. The van der Waals surface area contributed by atoms with E-state index in [1.54, 1.807) is 0 Å². The molecule has 1 heterocycles. The number of rotatable bonds is 1. The standard InChI is InChI=1S/C8H16N2O/c1-2-8(11)10-5-3-4-7(9)6-10/h7H,2-6,9H2,1H3/t7-/m1/s1. The van der Waals surface area contributed by atoms with Crippen LogP contribution in [0, 0.1) is 0 Å². The lowest BCUT2D eigenvalue weighted by atomic mass is 10.1. The van der Waals surface area contributed by atoms with Crippen LogP contribution in [-0.4, -0.2) is 29.9 Å². The first-order valence-corrected chi connectivity index (χ1v) is 4.27. The maximum atomic E-state index is 11.2. The van der Waals surface area contributed by atoms with Crippen LogP contribution in [0.4, 0.5) is 0 Å². The monoisotopic (exact) mass is 156 g/mol. The van der Waals surface area contributed by atoms with Gasteiger partial charge in [-0.3, -0.25) is 4.79 Å². The second-order valence-electron chi connectivity index (χ2n) is 3.10. The highest BCUT2D eigenvalue weighted by Gasteiger charge is 2.19. The van der Waals surface area contributed by atoms with Gasteiger partial charge >= 0.3 is 0 Å². The summed E-state index contributed by atoms with van der Waals surface area (Å²) in [5, 5.41) is 0. The van der Waals surface area contributed by atoms with Crippen LogP contribution < -0.4 is 5.73 Å². The number of amides is 1. The number of carbonyl (C=O) groups excluding carboxylic acids is 1. The second kappa shape index (κ2) is 3.72. The van der Waals surface area contributed by atoms with Crippen LogP contribution in [0.1, 0.15) is 26.2 Å². The molecule has 1 rings (SSSR count). The topological polar surface area (TPSA) is 46.3 Å². The third-order valence-electron chi connectivity index (χ3n) is 2.11. The van der Waals surface area contributed by atoms with Crippen molar-refractivity contribution in [2.45, 2.75) is 32.2 Å². The molecule has 1 aliphatic heterocycles. The molecule has 1 saturated heterocycles. The molecule has 0 aromatic carbocycles. The van der Waals surface area contributed by atoms with E-state index in [2.05, 4.69) is 0 Å². The molecule has 1 amide bonds. The lowest BCUT2D eigenvalue weighted by Gasteiger charge is -2.30. The fraction of sp³-hybridized carbons (Fsp3) is 0.875. The number of carbonyl (C=O) groups is 1. The van der Waals surface area contributed by atoms with E-state index in [1.807, 2.05) is 11.8 Å². The van der Waals surface area contributed by atoms with E-state index in [0.29, 0.717) is 6.42 Å². The Bertz CT molecular complexity index is 147. The summed E-state index contributed by atoms with van der Waals surface area (Å²) in [6.45, 7) is 3.55. The minimum atomic E-state index is 0.208. The molecule has 0 saturated carbocycles. The van der Waals surface area contributed by atoms with Crippen LogP contribution in [0.2, 0.25) is 0 Å². The van der Waals surface area contributed by atoms with Gasteiger partial charge in [0.25, 0.3) is 0 Å². The highest BCUT2D eigenvalue weighted by Crippen LogP contribution is 2.08.